The van der Waals surface area contributed by atoms with Gasteiger partial charge in [-0.1, -0.05) is 212 Å². The van der Waals surface area contributed by atoms with Gasteiger partial charge in [0, 0.05) is 51.3 Å². The minimum absolute atomic E-state index is 0.0673. The van der Waals surface area contributed by atoms with Gasteiger partial charge >= 0.3 is 0 Å². The molecule has 2 aromatic heterocycles. The molecule has 5 heteroatoms. The van der Waals surface area contributed by atoms with E-state index in [9.17, 15) is 0 Å². The number of fused-ring (bicyclic) bond motifs is 4. The second kappa shape index (κ2) is 20.1. The van der Waals surface area contributed by atoms with Crippen LogP contribution in [0.25, 0.3) is 38.8 Å². The molecule has 0 bridgehead atoms. The Morgan fingerprint density at radius 3 is 1.68 bits per heavy atom. The number of nitrogens with zero attached hydrogens (tertiary/aromatic N) is 4. The molecule has 0 amide bonds. The fourth-order valence-electron chi connectivity index (χ4n) is 12.1. The van der Waals surface area contributed by atoms with Crippen molar-refractivity contribution in [3.63, 3.8) is 0 Å². The molecule has 1 aliphatic heterocycles. The first-order valence-electron chi connectivity index (χ1n) is 28.5. The van der Waals surface area contributed by atoms with E-state index in [2.05, 4.69) is 299 Å². The number of benzene rings is 8. The van der Waals surface area contributed by atoms with Crippen LogP contribution in [0.15, 0.2) is 194 Å². The van der Waals surface area contributed by atoms with Crippen LogP contribution in [0.5, 0.6) is 11.5 Å². The Kier molecular flexibility index (Phi) is 13.5. The Morgan fingerprint density at radius 1 is 0.443 bits per heavy atom. The highest BCUT2D eigenvalue weighted by Crippen LogP contribution is 2.51. The predicted molar refractivity (Wildman–Crippen MR) is 335 cm³/mol. The molecule has 0 saturated heterocycles. The van der Waals surface area contributed by atoms with E-state index in [0.717, 1.165) is 45.3 Å². The second-order valence-corrected chi connectivity index (χ2v) is 25.8. The summed E-state index contributed by atoms with van der Waals surface area (Å²) < 4.78 is 9.94. The lowest BCUT2D eigenvalue weighted by Gasteiger charge is -2.29. The van der Waals surface area contributed by atoms with Gasteiger partial charge in [-0.3, -0.25) is 4.57 Å². The Labute approximate surface area is 470 Å². The molecule has 8 aromatic carbocycles. The molecule has 79 heavy (non-hydrogen) atoms. The largest absolute Gasteiger partial charge is 0.457 e. The molecule has 0 radical (unpaired) electrons. The summed E-state index contributed by atoms with van der Waals surface area (Å²) in [5, 5.41) is 2.38. The lowest BCUT2D eigenvalue weighted by Crippen LogP contribution is -2.25. The predicted octanol–water partition coefficient (Wildman–Crippen LogP) is 20.4. The van der Waals surface area contributed by atoms with Crippen molar-refractivity contribution in [2.75, 3.05) is 16.5 Å². The van der Waals surface area contributed by atoms with Crippen LogP contribution < -0.4 is 14.5 Å². The molecule has 1 aliphatic rings. The van der Waals surface area contributed by atoms with E-state index in [1.54, 1.807) is 0 Å². The standard InChI is InChI=1S/C74H78N4O/c1-48(2)60-32-24-33-61(49(3)4)69(60)50-39-57(77-47-76(65-36-35-53(42-66(65)77)71(5,6)7)56-30-23-29-55(41-56)73(11,12)51-25-17-15-18-26-51)44-58(40-50)79-59-45-63(74(13,14)52-27-19-16-20-28-52)70-62-31-21-22-34-64(62)78(67(70)46-59)68-43-54(37-38-75-68)72(8,9)10/h15-46,48-49H,47H2,1-14H3. The molecule has 0 fully saturated rings. The molecule has 11 rings (SSSR count). The van der Waals surface area contributed by atoms with Crippen LogP contribution in [0.1, 0.15) is 153 Å². The smallest absolute Gasteiger partial charge is 0.137 e. The van der Waals surface area contributed by atoms with Gasteiger partial charge in [0.05, 0.1) is 22.4 Å². The number of ether oxygens (including phenoxy) is 1. The Hall–Kier alpha value is -7.89. The average Bonchev–Trinajstić information content (AvgIpc) is 4.23. The van der Waals surface area contributed by atoms with Gasteiger partial charge in [-0.2, -0.15) is 0 Å². The first-order chi connectivity index (χ1) is 37.6. The molecule has 0 unspecified atom stereocenters. The molecular formula is C74H78N4O. The van der Waals surface area contributed by atoms with Gasteiger partial charge < -0.3 is 14.5 Å². The van der Waals surface area contributed by atoms with E-state index in [-0.39, 0.29) is 16.2 Å². The Bertz CT molecular complexity index is 3860. The maximum atomic E-state index is 7.58. The maximum absolute atomic E-state index is 7.58. The van der Waals surface area contributed by atoms with Crippen molar-refractivity contribution in [2.24, 2.45) is 0 Å². The van der Waals surface area contributed by atoms with E-state index in [1.165, 1.54) is 72.2 Å². The number of hydrogen-bond acceptors (Lipinski definition) is 4. The van der Waals surface area contributed by atoms with Crippen LogP contribution in [-0.2, 0) is 21.7 Å². The van der Waals surface area contributed by atoms with Crippen molar-refractivity contribution in [2.45, 2.75) is 130 Å². The van der Waals surface area contributed by atoms with Gasteiger partial charge in [0.1, 0.15) is 24.0 Å². The molecule has 0 N–H and O–H groups in total. The zero-order valence-electron chi connectivity index (χ0n) is 49.0. The fourth-order valence-corrected chi connectivity index (χ4v) is 12.1. The first kappa shape index (κ1) is 53.1. The van der Waals surface area contributed by atoms with Crippen molar-refractivity contribution < 1.29 is 4.74 Å². The summed E-state index contributed by atoms with van der Waals surface area (Å²) in [5.41, 5.74) is 18.6. The molecule has 10 aromatic rings. The Morgan fingerprint density at radius 2 is 1.03 bits per heavy atom. The fraction of sp³-hybridized carbons (Fsp3) is 0.284. The van der Waals surface area contributed by atoms with Gasteiger partial charge in [0.25, 0.3) is 0 Å². The molecule has 3 heterocycles. The molecule has 0 atom stereocenters. The van der Waals surface area contributed by atoms with E-state index >= 15 is 0 Å². The van der Waals surface area contributed by atoms with Gasteiger partial charge in [0.2, 0.25) is 0 Å². The summed E-state index contributed by atoms with van der Waals surface area (Å²) in [6.07, 6.45) is 1.96. The highest BCUT2D eigenvalue weighted by molar-refractivity contribution is 6.12. The average molecular weight is 1040 g/mol. The van der Waals surface area contributed by atoms with Crippen LogP contribution in [0, 0.1) is 0 Å². The van der Waals surface area contributed by atoms with E-state index in [1.807, 2.05) is 6.20 Å². The van der Waals surface area contributed by atoms with Gasteiger partial charge in [-0.25, -0.2) is 4.98 Å². The second-order valence-electron chi connectivity index (χ2n) is 25.8. The van der Waals surface area contributed by atoms with Gasteiger partial charge in [-0.05, 0) is 139 Å². The summed E-state index contributed by atoms with van der Waals surface area (Å²) in [4.78, 5) is 10.1. The lowest BCUT2D eigenvalue weighted by molar-refractivity contribution is 0.481. The number of pyridine rings is 1. The van der Waals surface area contributed by atoms with Crippen molar-refractivity contribution in [1.29, 1.82) is 0 Å². The third-order valence-corrected chi connectivity index (χ3v) is 16.9. The van der Waals surface area contributed by atoms with Crippen LogP contribution >= 0.6 is 0 Å². The van der Waals surface area contributed by atoms with Crippen molar-refractivity contribution in [3.8, 4) is 28.4 Å². The van der Waals surface area contributed by atoms with Crippen molar-refractivity contribution >= 4 is 44.6 Å². The molecule has 0 aliphatic carbocycles. The molecule has 0 spiro atoms. The Balaban J connectivity index is 1.14. The van der Waals surface area contributed by atoms with Crippen molar-refractivity contribution in [3.05, 3.63) is 239 Å². The monoisotopic (exact) mass is 1040 g/mol. The normalized spacial score (nSPS) is 13.3. The highest BCUT2D eigenvalue weighted by Gasteiger charge is 2.34. The van der Waals surface area contributed by atoms with Gasteiger partial charge in [-0.15, -0.1) is 0 Å². The van der Waals surface area contributed by atoms with Crippen LogP contribution in [0.2, 0.25) is 0 Å². The maximum Gasteiger partial charge on any atom is 0.137 e. The molecular weight excluding hydrogens is 961 g/mol. The van der Waals surface area contributed by atoms with Crippen LogP contribution in [-0.4, -0.2) is 16.2 Å². The summed E-state index contributed by atoms with van der Waals surface area (Å²) in [5.74, 6) is 3.02. The molecule has 400 valence electrons. The number of aromatic nitrogens is 2. The van der Waals surface area contributed by atoms with E-state index in [0.29, 0.717) is 18.5 Å². The van der Waals surface area contributed by atoms with Gasteiger partial charge in [0.15, 0.2) is 0 Å². The quantitative estimate of drug-likeness (QED) is 0.122. The zero-order chi connectivity index (χ0) is 55.8. The number of rotatable bonds is 12. The van der Waals surface area contributed by atoms with E-state index in [4.69, 9.17) is 9.72 Å². The summed E-state index contributed by atoms with van der Waals surface area (Å²) >= 11 is 0. The number of hydrogen-bond donors (Lipinski definition) is 0. The molecule has 5 nitrogen and oxygen atoms in total. The SMILES string of the molecule is CC(C)c1cccc(C(C)C)c1-c1cc(Oc2cc(C(C)(C)c3ccccc3)c3c4ccccc4n(-c4cc(C(C)(C)C)ccn4)c3c2)cc(N2CN(c3cccc(C(C)(C)c4ccccc4)c3)c3ccc(C(C)(C)C)cc32)c1. The minimum Gasteiger partial charge on any atom is -0.457 e. The van der Waals surface area contributed by atoms with Crippen molar-refractivity contribution in [1.82, 2.24) is 9.55 Å². The first-order valence-corrected chi connectivity index (χ1v) is 28.5. The number of anilines is 4. The highest BCUT2D eigenvalue weighted by atomic mass is 16.5. The lowest BCUT2D eigenvalue weighted by atomic mass is 9.76. The third-order valence-electron chi connectivity index (χ3n) is 16.9. The summed E-state index contributed by atoms with van der Waals surface area (Å²) in [6.45, 7) is 33.0. The molecule has 0 saturated carbocycles. The zero-order valence-corrected chi connectivity index (χ0v) is 49.0. The summed E-state index contributed by atoms with van der Waals surface area (Å²) in [6, 6.07) is 69.7. The van der Waals surface area contributed by atoms with Crippen LogP contribution in [0.4, 0.5) is 22.7 Å². The van der Waals surface area contributed by atoms with Crippen LogP contribution in [0.3, 0.4) is 0 Å². The minimum atomic E-state index is -0.412. The summed E-state index contributed by atoms with van der Waals surface area (Å²) in [7, 11) is 0. The third kappa shape index (κ3) is 9.81. The van der Waals surface area contributed by atoms with E-state index < -0.39 is 5.41 Å². The topological polar surface area (TPSA) is 33.5 Å². The number of para-hydroxylation sites is 1.